The quantitative estimate of drug-likeness (QED) is 0.607. The lowest BCUT2D eigenvalue weighted by Gasteiger charge is -2.15. The highest BCUT2D eigenvalue weighted by molar-refractivity contribution is 5.94. The summed E-state index contributed by atoms with van der Waals surface area (Å²) >= 11 is 0. The summed E-state index contributed by atoms with van der Waals surface area (Å²) < 4.78 is 13.6. The molecule has 0 aliphatic carbocycles. The Labute approximate surface area is 109 Å². The molecular weight excluding hydrogens is 255 g/mol. The van der Waals surface area contributed by atoms with E-state index >= 15 is 0 Å². The van der Waals surface area contributed by atoms with Crippen molar-refractivity contribution in [2.45, 2.75) is 25.8 Å². The monoisotopic (exact) mass is 270 g/mol. The number of hydrogen-bond acceptors (Lipinski definition) is 4. The summed E-state index contributed by atoms with van der Waals surface area (Å²) in [6, 6.07) is 2.61. The molecule has 0 bridgehead atoms. The van der Waals surface area contributed by atoms with Gasteiger partial charge >= 0.3 is 0 Å². The molecule has 19 heavy (non-hydrogen) atoms. The number of halogens is 1. The number of benzene rings is 1. The first kappa shape index (κ1) is 15.0. The van der Waals surface area contributed by atoms with Crippen LogP contribution < -0.4 is 5.32 Å². The Balaban J connectivity index is 2.85. The molecule has 1 amide bonds. The molecule has 0 radical (unpaired) electrons. The first-order valence-corrected chi connectivity index (χ1v) is 5.85. The van der Waals surface area contributed by atoms with Crippen molar-refractivity contribution in [3.05, 3.63) is 39.7 Å². The molecule has 1 unspecified atom stereocenters. The fraction of sp³-hybridized carbons (Fsp3) is 0.417. The molecule has 6 nitrogen and oxygen atoms in total. The van der Waals surface area contributed by atoms with Gasteiger partial charge in [0.1, 0.15) is 5.82 Å². The molecule has 0 aromatic heterocycles. The first-order valence-electron chi connectivity index (χ1n) is 5.85. The van der Waals surface area contributed by atoms with Gasteiger partial charge in [-0.3, -0.25) is 14.9 Å². The summed E-state index contributed by atoms with van der Waals surface area (Å²) in [5.41, 5.74) is -0.654. The number of nitrogens with one attached hydrogen (secondary N) is 1. The van der Waals surface area contributed by atoms with E-state index < -0.39 is 22.3 Å². The molecule has 0 saturated heterocycles. The van der Waals surface area contributed by atoms with Crippen LogP contribution in [-0.4, -0.2) is 28.6 Å². The van der Waals surface area contributed by atoms with E-state index in [0.29, 0.717) is 18.9 Å². The summed E-state index contributed by atoms with van der Waals surface area (Å²) in [6.45, 7) is 1.74. The standard InChI is InChI=1S/C12H15FN2O4/c1-2-8(5-6-16)14-12(17)10-4-3-9(15(18)19)7-11(10)13/h3-4,7-8,16H,2,5-6H2,1H3,(H,14,17). The van der Waals surface area contributed by atoms with E-state index in [9.17, 15) is 19.3 Å². The van der Waals surface area contributed by atoms with Crippen LogP contribution in [-0.2, 0) is 0 Å². The van der Waals surface area contributed by atoms with Crippen molar-refractivity contribution >= 4 is 11.6 Å². The average molecular weight is 270 g/mol. The normalized spacial score (nSPS) is 11.9. The van der Waals surface area contributed by atoms with E-state index in [1.54, 1.807) is 0 Å². The van der Waals surface area contributed by atoms with Crippen LogP contribution in [0, 0.1) is 15.9 Å². The molecule has 0 aliphatic rings. The Morgan fingerprint density at radius 2 is 2.26 bits per heavy atom. The highest BCUT2D eigenvalue weighted by atomic mass is 19.1. The smallest absolute Gasteiger partial charge is 0.272 e. The lowest BCUT2D eigenvalue weighted by molar-refractivity contribution is -0.385. The van der Waals surface area contributed by atoms with E-state index in [4.69, 9.17) is 5.11 Å². The Morgan fingerprint density at radius 1 is 1.58 bits per heavy atom. The Morgan fingerprint density at radius 3 is 2.74 bits per heavy atom. The number of nitrogens with zero attached hydrogens (tertiary/aromatic N) is 1. The van der Waals surface area contributed by atoms with Crippen LogP contribution >= 0.6 is 0 Å². The van der Waals surface area contributed by atoms with Crippen molar-refractivity contribution in [2.75, 3.05) is 6.61 Å². The summed E-state index contributed by atoms with van der Waals surface area (Å²) in [4.78, 5) is 21.5. The molecular formula is C12H15FN2O4. The van der Waals surface area contributed by atoms with Crippen molar-refractivity contribution in [1.29, 1.82) is 0 Å². The fourth-order valence-electron chi connectivity index (χ4n) is 1.60. The fourth-order valence-corrected chi connectivity index (χ4v) is 1.60. The number of aliphatic hydroxyl groups excluding tert-OH is 1. The van der Waals surface area contributed by atoms with Crippen LogP contribution in [0.25, 0.3) is 0 Å². The Bertz CT molecular complexity index is 479. The zero-order chi connectivity index (χ0) is 14.4. The van der Waals surface area contributed by atoms with Crippen LogP contribution in [0.2, 0.25) is 0 Å². The number of carbonyl (C=O) groups is 1. The number of non-ortho nitro benzene ring substituents is 1. The number of nitro groups is 1. The molecule has 0 saturated carbocycles. The van der Waals surface area contributed by atoms with Crippen LogP contribution in [0.4, 0.5) is 10.1 Å². The maximum absolute atomic E-state index is 13.6. The predicted octanol–water partition coefficient (Wildman–Crippen LogP) is 1.62. The van der Waals surface area contributed by atoms with E-state index in [0.717, 1.165) is 12.1 Å². The van der Waals surface area contributed by atoms with Gasteiger partial charge in [-0.2, -0.15) is 0 Å². The molecule has 0 fully saturated rings. The Kier molecular flexibility index (Phi) is 5.37. The van der Waals surface area contributed by atoms with Crippen molar-refractivity contribution < 1.29 is 19.2 Å². The summed E-state index contributed by atoms with van der Waals surface area (Å²) in [6.07, 6.45) is 0.970. The Hall–Kier alpha value is -2.02. The van der Waals surface area contributed by atoms with Crippen molar-refractivity contribution in [1.82, 2.24) is 5.32 Å². The lowest BCUT2D eigenvalue weighted by Crippen LogP contribution is -2.35. The van der Waals surface area contributed by atoms with E-state index in [2.05, 4.69) is 5.32 Å². The molecule has 0 heterocycles. The SMILES string of the molecule is CCC(CCO)NC(=O)c1ccc([N+](=O)[O-])cc1F. The van der Waals surface area contributed by atoms with E-state index in [1.807, 2.05) is 6.92 Å². The highest BCUT2D eigenvalue weighted by Crippen LogP contribution is 2.16. The zero-order valence-electron chi connectivity index (χ0n) is 10.4. The van der Waals surface area contributed by atoms with Crippen molar-refractivity contribution in [3.63, 3.8) is 0 Å². The van der Waals surface area contributed by atoms with Gasteiger partial charge in [-0.1, -0.05) is 6.92 Å². The number of carbonyl (C=O) groups excluding carboxylic acids is 1. The van der Waals surface area contributed by atoms with Crippen molar-refractivity contribution in [2.24, 2.45) is 0 Å². The van der Waals surface area contributed by atoms with Gasteiger partial charge in [0.2, 0.25) is 0 Å². The van der Waals surface area contributed by atoms with Gasteiger partial charge < -0.3 is 10.4 Å². The zero-order valence-corrected chi connectivity index (χ0v) is 10.4. The average Bonchev–Trinajstić information content (AvgIpc) is 2.37. The van der Waals surface area contributed by atoms with Gasteiger partial charge in [0.05, 0.1) is 16.6 Å². The summed E-state index contributed by atoms with van der Waals surface area (Å²) in [5.74, 6) is -1.58. The second-order valence-electron chi connectivity index (χ2n) is 4.01. The van der Waals surface area contributed by atoms with Gasteiger partial charge in [-0.25, -0.2) is 4.39 Å². The minimum absolute atomic E-state index is 0.0818. The minimum Gasteiger partial charge on any atom is -0.396 e. The second kappa shape index (κ2) is 6.79. The molecule has 1 atom stereocenters. The molecule has 104 valence electrons. The molecule has 0 spiro atoms. The molecule has 1 aromatic rings. The molecule has 0 aliphatic heterocycles. The molecule has 2 N–H and O–H groups in total. The topological polar surface area (TPSA) is 92.5 Å². The number of rotatable bonds is 6. The van der Waals surface area contributed by atoms with Crippen LogP contribution in [0.15, 0.2) is 18.2 Å². The largest absolute Gasteiger partial charge is 0.396 e. The van der Waals surface area contributed by atoms with Gasteiger partial charge in [-0.05, 0) is 18.9 Å². The van der Waals surface area contributed by atoms with Gasteiger partial charge in [0, 0.05) is 18.7 Å². The number of nitro benzene ring substituents is 1. The first-order chi connectivity index (χ1) is 8.99. The number of aliphatic hydroxyl groups is 1. The van der Waals surface area contributed by atoms with Gasteiger partial charge in [0.25, 0.3) is 11.6 Å². The maximum atomic E-state index is 13.6. The van der Waals surface area contributed by atoms with E-state index in [-0.39, 0.29) is 18.2 Å². The van der Waals surface area contributed by atoms with Crippen LogP contribution in [0.3, 0.4) is 0 Å². The highest BCUT2D eigenvalue weighted by Gasteiger charge is 2.18. The third kappa shape index (κ3) is 3.99. The number of hydrogen-bond donors (Lipinski definition) is 2. The third-order valence-corrected chi connectivity index (χ3v) is 2.71. The molecule has 1 rings (SSSR count). The summed E-state index contributed by atoms with van der Waals surface area (Å²) in [5, 5.41) is 21.8. The van der Waals surface area contributed by atoms with Crippen LogP contribution in [0.5, 0.6) is 0 Å². The predicted molar refractivity (Wildman–Crippen MR) is 66.3 cm³/mol. The van der Waals surface area contributed by atoms with Gasteiger partial charge in [0.15, 0.2) is 0 Å². The molecule has 1 aromatic carbocycles. The van der Waals surface area contributed by atoms with Gasteiger partial charge in [-0.15, -0.1) is 0 Å². The van der Waals surface area contributed by atoms with Crippen molar-refractivity contribution in [3.8, 4) is 0 Å². The summed E-state index contributed by atoms with van der Waals surface area (Å²) in [7, 11) is 0. The lowest BCUT2D eigenvalue weighted by atomic mass is 10.1. The van der Waals surface area contributed by atoms with E-state index in [1.165, 1.54) is 0 Å². The van der Waals surface area contributed by atoms with Crippen LogP contribution in [0.1, 0.15) is 30.1 Å². The second-order valence-corrected chi connectivity index (χ2v) is 4.01. The molecule has 7 heteroatoms. The minimum atomic E-state index is -0.939. The maximum Gasteiger partial charge on any atom is 0.272 e. The number of amides is 1. The third-order valence-electron chi connectivity index (χ3n) is 2.71.